The van der Waals surface area contributed by atoms with Crippen LogP contribution in [0.15, 0.2) is 24.3 Å². The number of phenols is 1. The van der Waals surface area contributed by atoms with Crippen LogP contribution >= 0.6 is 11.3 Å². The number of amides is 1. The van der Waals surface area contributed by atoms with Gasteiger partial charge in [0, 0.05) is 60.6 Å². The average molecular weight is 545 g/mol. The zero-order chi connectivity index (χ0) is 26.9. The summed E-state index contributed by atoms with van der Waals surface area (Å²) in [6.45, 7) is 8.73. The first kappa shape index (κ1) is 27.3. The minimum Gasteiger partial charge on any atom is -0.508 e. The molecule has 10 heteroatoms. The number of anilines is 2. The Bertz CT molecular complexity index is 1140. The summed E-state index contributed by atoms with van der Waals surface area (Å²) in [5.41, 5.74) is 0.740. The molecule has 2 fully saturated rings. The van der Waals surface area contributed by atoms with Crippen LogP contribution in [-0.2, 0) is 16.0 Å². The van der Waals surface area contributed by atoms with Gasteiger partial charge in [-0.25, -0.2) is 4.98 Å². The third kappa shape index (κ3) is 5.29. The van der Waals surface area contributed by atoms with Crippen LogP contribution in [0.25, 0.3) is 0 Å². The summed E-state index contributed by atoms with van der Waals surface area (Å²) >= 11 is 1.55. The summed E-state index contributed by atoms with van der Waals surface area (Å²) in [6.07, 6.45) is 1.79. The van der Waals surface area contributed by atoms with E-state index < -0.39 is 11.5 Å². The number of thiazole rings is 1. The molecule has 0 spiro atoms. The van der Waals surface area contributed by atoms with Crippen LogP contribution < -0.4 is 10.6 Å². The lowest BCUT2D eigenvalue weighted by Gasteiger charge is -2.58. The van der Waals surface area contributed by atoms with E-state index in [0.29, 0.717) is 30.9 Å². The van der Waals surface area contributed by atoms with Gasteiger partial charge in [0.2, 0.25) is 5.91 Å². The highest BCUT2D eigenvalue weighted by Gasteiger charge is 2.59. The molecule has 2 heterocycles. The number of aliphatic hydroxyl groups is 2. The highest BCUT2D eigenvalue weighted by molar-refractivity contribution is 7.15. The molecular formula is C28H40N4O5S. The van der Waals surface area contributed by atoms with E-state index in [9.17, 15) is 20.1 Å². The van der Waals surface area contributed by atoms with Crippen molar-refractivity contribution in [1.82, 2.24) is 15.2 Å². The van der Waals surface area contributed by atoms with E-state index in [-0.39, 0.29) is 35.5 Å². The third-order valence-corrected chi connectivity index (χ3v) is 10.2. The second kappa shape index (κ2) is 11.1. The number of aliphatic hydroxyl groups excluding tert-OH is 2. The smallest absolute Gasteiger partial charge is 0.220 e. The zero-order valence-corrected chi connectivity index (χ0v) is 23.1. The Kier molecular flexibility index (Phi) is 7.98. The maximum absolute atomic E-state index is 13.3. The van der Waals surface area contributed by atoms with Gasteiger partial charge >= 0.3 is 0 Å². The largest absolute Gasteiger partial charge is 0.508 e. The number of rotatable bonds is 8. The second-order valence-corrected chi connectivity index (χ2v) is 12.6. The van der Waals surface area contributed by atoms with Crippen molar-refractivity contribution >= 4 is 28.1 Å². The molecule has 1 amide bonds. The number of morpholine rings is 1. The number of fused-ring (bicyclic) bond motifs is 2. The van der Waals surface area contributed by atoms with Crippen LogP contribution in [0.2, 0.25) is 0 Å². The lowest BCUT2D eigenvalue weighted by atomic mass is 9.47. The van der Waals surface area contributed by atoms with Crippen molar-refractivity contribution in [1.29, 1.82) is 0 Å². The molecule has 2 aromatic rings. The molecule has 38 heavy (non-hydrogen) atoms. The van der Waals surface area contributed by atoms with Crippen molar-refractivity contribution in [2.24, 2.45) is 16.7 Å². The van der Waals surface area contributed by atoms with Crippen LogP contribution in [0.1, 0.15) is 49.6 Å². The summed E-state index contributed by atoms with van der Waals surface area (Å²) in [6, 6.07) is 6.93. The molecule has 5 N–H and O–H groups in total. The highest BCUT2D eigenvalue weighted by atomic mass is 32.1. The molecule has 1 aromatic carbocycles. The lowest BCUT2D eigenvalue weighted by Crippen LogP contribution is -2.57. The van der Waals surface area contributed by atoms with Crippen molar-refractivity contribution in [3.8, 4) is 5.75 Å². The van der Waals surface area contributed by atoms with Gasteiger partial charge in [0.15, 0.2) is 5.13 Å². The van der Waals surface area contributed by atoms with Gasteiger partial charge in [-0.2, -0.15) is 0 Å². The molecule has 0 radical (unpaired) electrons. The fraction of sp³-hybridized carbons (Fsp3) is 0.643. The number of aromatic hydroxyl groups is 1. The number of hydrogen-bond donors (Lipinski definition) is 5. The quantitative estimate of drug-likeness (QED) is 0.343. The molecule has 1 saturated heterocycles. The van der Waals surface area contributed by atoms with E-state index in [4.69, 9.17) is 9.72 Å². The Hall–Kier alpha value is -2.24. The predicted octanol–water partition coefficient (Wildman–Crippen LogP) is 2.85. The van der Waals surface area contributed by atoms with Crippen LogP contribution in [0, 0.1) is 16.7 Å². The first-order valence-corrected chi connectivity index (χ1v) is 14.5. The fourth-order valence-electron chi connectivity index (χ4n) is 6.84. The summed E-state index contributed by atoms with van der Waals surface area (Å²) in [7, 11) is 0. The van der Waals surface area contributed by atoms with Crippen LogP contribution in [0.5, 0.6) is 5.75 Å². The Labute approximate surface area is 228 Å². The van der Waals surface area contributed by atoms with E-state index in [1.54, 1.807) is 29.5 Å². The van der Waals surface area contributed by atoms with E-state index in [2.05, 4.69) is 22.5 Å². The standard InChI is InChI=1S/C28H40N4O5S/c1-27-7-6-23(35)28(2,17-33)22(27)16-21-25(31-26(38-21)30-18-4-3-5-19(34)14-18)20(27)15-24(36)29-8-9-32-10-12-37-13-11-32/h3-5,14,20,22-23,33-35H,6-13,15-17H2,1-2H3,(H,29,36)(H,30,31)/t20-,22+,23-,27+,28+/m1/s1. The normalized spacial score (nSPS) is 31.3. The van der Waals surface area contributed by atoms with E-state index in [1.165, 1.54) is 0 Å². The minimum atomic E-state index is -0.654. The molecule has 1 aromatic heterocycles. The highest BCUT2D eigenvalue weighted by Crippen LogP contribution is 2.62. The monoisotopic (exact) mass is 544 g/mol. The molecular weight excluding hydrogens is 504 g/mol. The van der Waals surface area contributed by atoms with Crippen molar-refractivity contribution in [2.75, 3.05) is 51.3 Å². The van der Waals surface area contributed by atoms with Gasteiger partial charge in [-0.1, -0.05) is 19.9 Å². The second-order valence-electron chi connectivity index (χ2n) is 11.5. The molecule has 1 aliphatic heterocycles. The maximum Gasteiger partial charge on any atom is 0.220 e. The van der Waals surface area contributed by atoms with E-state index in [0.717, 1.165) is 55.5 Å². The van der Waals surface area contributed by atoms with E-state index >= 15 is 0 Å². The molecule has 0 bridgehead atoms. The van der Waals surface area contributed by atoms with Crippen molar-refractivity contribution in [3.05, 3.63) is 34.8 Å². The van der Waals surface area contributed by atoms with Crippen LogP contribution in [0.4, 0.5) is 10.8 Å². The van der Waals surface area contributed by atoms with Gasteiger partial charge in [0.05, 0.1) is 31.6 Å². The molecule has 9 nitrogen and oxygen atoms in total. The molecule has 0 unspecified atom stereocenters. The Morgan fingerprint density at radius 2 is 2.08 bits per heavy atom. The number of phenolic OH excluding ortho intramolecular Hbond substituents is 1. The van der Waals surface area contributed by atoms with Crippen LogP contribution in [-0.4, -0.2) is 83.2 Å². The topological polar surface area (TPSA) is 127 Å². The molecule has 3 aliphatic rings. The maximum atomic E-state index is 13.3. The summed E-state index contributed by atoms with van der Waals surface area (Å²) in [5.74, 6) is 0.0584. The number of aromatic nitrogens is 1. The van der Waals surface area contributed by atoms with Gasteiger partial charge in [-0.05, 0) is 42.7 Å². The number of ether oxygens (including phenoxy) is 1. The number of benzene rings is 1. The minimum absolute atomic E-state index is 0.00315. The van der Waals surface area contributed by atoms with Gasteiger partial charge in [0.25, 0.3) is 0 Å². The van der Waals surface area contributed by atoms with Crippen molar-refractivity contribution < 1.29 is 24.9 Å². The Morgan fingerprint density at radius 1 is 1.29 bits per heavy atom. The lowest BCUT2D eigenvalue weighted by molar-refractivity contribution is -0.144. The van der Waals surface area contributed by atoms with Crippen molar-refractivity contribution in [3.63, 3.8) is 0 Å². The number of nitrogens with zero attached hydrogens (tertiary/aromatic N) is 2. The molecule has 2 aliphatic carbocycles. The van der Waals surface area contributed by atoms with Crippen LogP contribution in [0.3, 0.4) is 0 Å². The van der Waals surface area contributed by atoms with Gasteiger partial charge in [-0.3, -0.25) is 9.69 Å². The summed E-state index contributed by atoms with van der Waals surface area (Å²) in [5, 5.41) is 38.5. The number of nitrogens with one attached hydrogen (secondary N) is 2. The average Bonchev–Trinajstić information content (AvgIpc) is 3.30. The Balaban J connectivity index is 1.39. The first-order chi connectivity index (χ1) is 18.2. The molecule has 208 valence electrons. The predicted molar refractivity (Wildman–Crippen MR) is 147 cm³/mol. The number of carbonyl (C=O) groups is 1. The fourth-order valence-corrected chi connectivity index (χ4v) is 7.93. The van der Waals surface area contributed by atoms with Crippen molar-refractivity contribution in [2.45, 2.75) is 51.6 Å². The third-order valence-electron chi connectivity index (χ3n) is 9.23. The van der Waals surface area contributed by atoms with E-state index in [1.807, 2.05) is 13.0 Å². The molecule has 1 saturated carbocycles. The SMILES string of the molecule is C[C@]1(CO)[C@H]2Cc3sc(Nc4cccc(O)c4)nc3[C@@H](CC(=O)NCCN3CCOCC3)[C@]2(C)CC[C@H]1O. The summed E-state index contributed by atoms with van der Waals surface area (Å²) < 4.78 is 5.41. The Morgan fingerprint density at radius 3 is 2.82 bits per heavy atom. The summed E-state index contributed by atoms with van der Waals surface area (Å²) in [4.78, 5) is 21.7. The van der Waals surface area contributed by atoms with Gasteiger partial charge < -0.3 is 30.7 Å². The number of hydrogen-bond acceptors (Lipinski definition) is 9. The first-order valence-electron chi connectivity index (χ1n) is 13.6. The number of carbonyl (C=O) groups excluding carboxylic acids is 1. The molecule has 5 atom stereocenters. The van der Waals surface area contributed by atoms with Gasteiger partial charge in [-0.15, -0.1) is 11.3 Å². The molecule has 5 rings (SSSR count). The zero-order valence-electron chi connectivity index (χ0n) is 22.3. The van der Waals surface area contributed by atoms with Gasteiger partial charge in [0.1, 0.15) is 5.75 Å².